The Morgan fingerprint density at radius 1 is 1.33 bits per heavy atom. The lowest BCUT2D eigenvalue weighted by molar-refractivity contribution is 0.558. The van der Waals surface area contributed by atoms with Crippen molar-refractivity contribution in [3.05, 3.63) is 34.7 Å². The van der Waals surface area contributed by atoms with Crippen LogP contribution in [0.15, 0.2) is 29.2 Å². The van der Waals surface area contributed by atoms with Crippen molar-refractivity contribution < 1.29 is 0 Å². The van der Waals surface area contributed by atoms with Gasteiger partial charge in [0.2, 0.25) is 5.56 Å². The highest BCUT2D eigenvalue weighted by Gasteiger charge is 2.19. The summed E-state index contributed by atoms with van der Waals surface area (Å²) in [5.41, 5.74) is 0.104. The summed E-state index contributed by atoms with van der Waals surface area (Å²) in [6, 6.07) is 6.10. The van der Waals surface area contributed by atoms with Crippen molar-refractivity contribution in [1.29, 1.82) is 0 Å². The van der Waals surface area contributed by atoms with Crippen LogP contribution < -0.4 is 10.9 Å². The van der Waals surface area contributed by atoms with Gasteiger partial charge in [-0.2, -0.15) is 0 Å². The average Bonchev–Trinajstić information content (AvgIpc) is 3.04. The molecule has 3 heteroatoms. The Morgan fingerprint density at radius 2 is 2.20 bits per heavy atom. The third-order valence-electron chi connectivity index (χ3n) is 2.74. The van der Waals surface area contributed by atoms with Crippen LogP contribution >= 0.6 is 0 Å². The minimum absolute atomic E-state index is 0.104. The molecule has 1 aromatic rings. The number of nitrogens with zero attached hydrogens (tertiary/aromatic N) is 1. The molecule has 2 rings (SSSR count). The van der Waals surface area contributed by atoms with Crippen LogP contribution in [0.25, 0.3) is 0 Å². The molecule has 3 nitrogen and oxygen atoms in total. The number of unbranched alkanes of at least 4 members (excludes halogenated alkanes) is 1. The monoisotopic (exact) mass is 206 g/mol. The lowest BCUT2D eigenvalue weighted by atomic mass is 10.3. The first-order chi connectivity index (χ1) is 7.36. The normalized spacial score (nSPS) is 15.5. The first kappa shape index (κ1) is 10.4. The van der Waals surface area contributed by atoms with E-state index in [1.54, 1.807) is 16.7 Å². The second-order valence-electron chi connectivity index (χ2n) is 4.17. The van der Waals surface area contributed by atoms with Gasteiger partial charge in [-0.1, -0.05) is 6.07 Å². The molecule has 1 N–H and O–H groups in total. The first-order valence-corrected chi connectivity index (χ1v) is 5.75. The zero-order valence-electron chi connectivity index (χ0n) is 8.98. The molecule has 0 radical (unpaired) electrons. The van der Waals surface area contributed by atoms with Crippen LogP contribution in [0.4, 0.5) is 0 Å². The highest BCUT2D eigenvalue weighted by molar-refractivity contribution is 4.92. The van der Waals surface area contributed by atoms with Crippen molar-refractivity contribution >= 4 is 0 Å². The predicted molar refractivity (Wildman–Crippen MR) is 61.0 cm³/mol. The molecular formula is C12H18N2O. The van der Waals surface area contributed by atoms with E-state index < -0.39 is 0 Å². The van der Waals surface area contributed by atoms with Gasteiger partial charge in [-0.15, -0.1) is 0 Å². The van der Waals surface area contributed by atoms with Crippen LogP contribution in [-0.4, -0.2) is 17.2 Å². The summed E-state index contributed by atoms with van der Waals surface area (Å²) in [6.07, 6.45) is 6.77. The molecule has 0 unspecified atom stereocenters. The second kappa shape index (κ2) is 5.12. The van der Waals surface area contributed by atoms with Gasteiger partial charge in [0, 0.05) is 24.8 Å². The van der Waals surface area contributed by atoms with E-state index in [4.69, 9.17) is 0 Å². The van der Waals surface area contributed by atoms with Gasteiger partial charge >= 0.3 is 0 Å². The van der Waals surface area contributed by atoms with E-state index in [1.807, 2.05) is 12.3 Å². The molecule has 1 saturated carbocycles. The van der Waals surface area contributed by atoms with E-state index in [2.05, 4.69) is 5.32 Å². The Hall–Kier alpha value is -1.09. The van der Waals surface area contributed by atoms with Crippen LogP contribution in [0.1, 0.15) is 25.7 Å². The fraction of sp³-hybridized carbons (Fsp3) is 0.583. The number of hydrogen-bond donors (Lipinski definition) is 1. The van der Waals surface area contributed by atoms with Gasteiger partial charge < -0.3 is 9.88 Å². The second-order valence-corrected chi connectivity index (χ2v) is 4.17. The van der Waals surface area contributed by atoms with Gasteiger partial charge in [-0.25, -0.2) is 0 Å². The van der Waals surface area contributed by atoms with Gasteiger partial charge in [0.05, 0.1) is 0 Å². The van der Waals surface area contributed by atoms with Crippen molar-refractivity contribution in [2.75, 3.05) is 6.54 Å². The predicted octanol–water partition coefficient (Wildman–Crippen LogP) is 1.38. The van der Waals surface area contributed by atoms with Crippen LogP contribution in [0.3, 0.4) is 0 Å². The summed E-state index contributed by atoms with van der Waals surface area (Å²) < 4.78 is 1.77. The quantitative estimate of drug-likeness (QED) is 0.713. The summed E-state index contributed by atoms with van der Waals surface area (Å²) in [4.78, 5) is 11.3. The van der Waals surface area contributed by atoms with Gasteiger partial charge in [-0.05, 0) is 38.3 Å². The van der Waals surface area contributed by atoms with Crippen molar-refractivity contribution in [3.8, 4) is 0 Å². The van der Waals surface area contributed by atoms with Crippen molar-refractivity contribution in [1.82, 2.24) is 9.88 Å². The van der Waals surface area contributed by atoms with Crippen molar-refractivity contribution in [2.45, 2.75) is 38.3 Å². The lowest BCUT2D eigenvalue weighted by Crippen LogP contribution is -2.20. The molecule has 1 aromatic heterocycles. The molecule has 0 atom stereocenters. The maximum atomic E-state index is 11.3. The van der Waals surface area contributed by atoms with Crippen molar-refractivity contribution in [3.63, 3.8) is 0 Å². The Balaban J connectivity index is 1.64. The number of nitrogens with one attached hydrogen (secondary N) is 1. The van der Waals surface area contributed by atoms with Crippen LogP contribution in [0, 0.1) is 0 Å². The molecule has 15 heavy (non-hydrogen) atoms. The van der Waals surface area contributed by atoms with Gasteiger partial charge in [0.1, 0.15) is 0 Å². The number of aryl methyl sites for hydroxylation is 1. The van der Waals surface area contributed by atoms with Crippen LogP contribution in [0.2, 0.25) is 0 Å². The molecule has 0 saturated heterocycles. The molecule has 1 fully saturated rings. The maximum absolute atomic E-state index is 11.3. The van der Waals surface area contributed by atoms with Gasteiger partial charge in [0.25, 0.3) is 0 Å². The Labute approximate surface area is 90.1 Å². The topological polar surface area (TPSA) is 34.0 Å². The molecule has 1 heterocycles. The minimum atomic E-state index is 0.104. The number of hydrogen-bond acceptors (Lipinski definition) is 2. The van der Waals surface area contributed by atoms with E-state index in [1.165, 1.54) is 12.8 Å². The molecule has 1 aliphatic carbocycles. The molecule has 0 aliphatic heterocycles. The maximum Gasteiger partial charge on any atom is 0.250 e. The van der Waals surface area contributed by atoms with E-state index in [0.717, 1.165) is 32.0 Å². The lowest BCUT2D eigenvalue weighted by Gasteiger charge is -2.05. The molecule has 1 aliphatic rings. The van der Waals surface area contributed by atoms with Crippen LogP contribution in [-0.2, 0) is 6.54 Å². The molecular weight excluding hydrogens is 188 g/mol. The SMILES string of the molecule is O=c1ccccn1CCCCNC1CC1. The highest BCUT2D eigenvalue weighted by Crippen LogP contribution is 2.18. The molecule has 82 valence electrons. The van der Waals surface area contributed by atoms with E-state index >= 15 is 0 Å². The summed E-state index contributed by atoms with van der Waals surface area (Å²) in [5.74, 6) is 0. The first-order valence-electron chi connectivity index (χ1n) is 5.75. The van der Waals surface area contributed by atoms with Crippen molar-refractivity contribution in [2.24, 2.45) is 0 Å². The third kappa shape index (κ3) is 3.51. The van der Waals surface area contributed by atoms with Gasteiger partial charge in [-0.3, -0.25) is 4.79 Å². The fourth-order valence-electron chi connectivity index (χ4n) is 1.65. The standard InChI is InChI=1S/C12H18N2O/c15-12-5-1-3-9-14(12)10-4-2-8-13-11-6-7-11/h1,3,5,9,11,13H,2,4,6-8,10H2. The Kier molecular flexibility index (Phi) is 3.56. The van der Waals surface area contributed by atoms with E-state index in [-0.39, 0.29) is 5.56 Å². The van der Waals surface area contributed by atoms with Gasteiger partial charge in [0.15, 0.2) is 0 Å². The Morgan fingerprint density at radius 3 is 2.93 bits per heavy atom. The summed E-state index contributed by atoms with van der Waals surface area (Å²) in [5, 5.41) is 3.47. The zero-order valence-corrected chi connectivity index (χ0v) is 8.98. The van der Waals surface area contributed by atoms with E-state index in [9.17, 15) is 4.79 Å². The number of rotatable bonds is 6. The van der Waals surface area contributed by atoms with E-state index in [0.29, 0.717) is 0 Å². The molecule has 0 amide bonds. The smallest absolute Gasteiger partial charge is 0.250 e. The number of pyridine rings is 1. The highest BCUT2D eigenvalue weighted by atomic mass is 16.1. The summed E-state index contributed by atoms with van der Waals surface area (Å²) >= 11 is 0. The van der Waals surface area contributed by atoms with Crippen LogP contribution in [0.5, 0.6) is 0 Å². The largest absolute Gasteiger partial charge is 0.316 e. The third-order valence-corrected chi connectivity index (χ3v) is 2.74. The molecule has 0 spiro atoms. The average molecular weight is 206 g/mol. The summed E-state index contributed by atoms with van der Waals surface area (Å²) in [6.45, 7) is 1.93. The molecule has 0 bridgehead atoms. The fourth-order valence-corrected chi connectivity index (χ4v) is 1.65. The Bertz CT molecular complexity index is 355. The summed E-state index contributed by atoms with van der Waals surface area (Å²) in [7, 11) is 0. The zero-order chi connectivity index (χ0) is 10.5. The minimum Gasteiger partial charge on any atom is -0.316 e. The number of aromatic nitrogens is 1. The molecule has 0 aromatic carbocycles.